The van der Waals surface area contributed by atoms with Crippen LogP contribution in [0.3, 0.4) is 0 Å². The summed E-state index contributed by atoms with van der Waals surface area (Å²) in [5, 5.41) is 0. The van der Waals surface area contributed by atoms with Crippen LogP contribution in [0.1, 0.15) is 118 Å². The molecule has 0 bridgehead atoms. The normalized spacial score (nSPS) is 28.5. The summed E-state index contributed by atoms with van der Waals surface area (Å²) in [4.78, 5) is 0. The Balaban J connectivity index is 1.01. The number of rotatable bonds is 9. The molecule has 5 rings (SSSR count). The molecule has 0 N–H and O–H groups in total. The van der Waals surface area contributed by atoms with E-state index in [2.05, 4.69) is 43.3 Å². The van der Waals surface area contributed by atoms with Crippen LogP contribution in [0.15, 0.2) is 48.6 Å². The van der Waals surface area contributed by atoms with Crippen molar-refractivity contribution in [3.8, 4) is 0 Å². The topological polar surface area (TPSA) is 12.5 Å². The zero-order chi connectivity index (χ0) is 24.9. The summed E-state index contributed by atoms with van der Waals surface area (Å²) in [6.45, 7) is 2.75. The van der Waals surface area contributed by atoms with Gasteiger partial charge in [-0.1, -0.05) is 61.9 Å². The molecule has 0 aromatic heterocycles. The summed E-state index contributed by atoms with van der Waals surface area (Å²) in [6.07, 6.45) is 18.8. The van der Waals surface area contributed by atoms with Crippen LogP contribution in [-0.2, 0) is 11.2 Å². The van der Waals surface area contributed by atoms with Crippen molar-refractivity contribution < 1.29 is 13.5 Å². The molecule has 0 spiro atoms. The lowest BCUT2D eigenvalue weighted by molar-refractivity contribution is 0.305. The second-order valence-electron chi connectivity index (χ2n) is 11.5. The molecule has 3 fully saturated rings. The number of aryl methyl sites for hydroxylation is 1. The number of hydrogen-bond acceptors (Lipinski definition) is 1. The average molecular weight is 493 g/mol. The standard InChI is InChI=1S/C33H42F2O/c1-2-5-23-8-14-26(15-9-23)27-16-10-24(11-17-27)6-3-4-7-25-12-18-28(19-13-25)29-20-21-30(31-22-36-31)33(35)32(29)34/h3,6,8-9,14-15,20-21,24-25,27-28,31H,2,4-5,7,10-13,16-19,22H2,1H3/b6-3+. The van der Waals surface area contributed by atoms with E-state index in [0.717, 1.165) is 43.9 Å². The maximum Gasteiger partial charge on any atom is 0.165 e. The van der Waals surface area contributed by atoms with Crippen molar-refractivity contribution in [3.63, 3.8) is 0 Å². The molecule has 0 amide bonds. The summed E-state index contributed by atoms with van der Waals surface area (Å²) in [5.41, 5.74) is 3.95. The summed E-state index contributed by atoms with van der Waals surface area (Å²) >= 11 is 0. The number of halogens is 2. The first kappa shape index (κ1) is 25.6. The molecule has 1 atom stereocenters. The highest BCUT2D eigenvalue weighted by atomic mass is 19.2. The molecular weight excluding hydrogens is 450 g/mol. The highest BCUT2D eigenvalue weighted by Crippen LogP contribution is 2.41. The van der Waals surface area contributed by atoms with Gasteiger partial charge in [-0.15, -0.1) is 0 Å². The van der Waals surface area contributed by atoms with Crippen molar-refractivity contribution in [2.24, 2.45) is 11.8 Å². The van der Waals surface area contributed by atoms with E-state index in [-0.39, 0.29) is 12.0 Å². The van der Waals surface area contributed by atoms with Gasteiger partial charge in [-0.25, -0.2) is 8.78 Å². The Morgan fingerprint density at radius 1 is 0.806 bits per heavy atom. The Morgan fingerprint density at radius 3 is 2.11 bits per heavy atom. The van der Waals surface area contributed by atoms with Crippen LogP contribution in [-0.4, -0.2) is 6.61 Å². The molecule has 36 heavy (non-hydrogen) atoms. The number of epoxide rings is 1. The maximum absolute atomic E-state index is 14.7. The minimum absolute atomic E-state index is 0.151. The lowest BCUT2D eigenvalue weighted by Crippen LogP contribution is -2.15. The van der Waals surface area contributed by atoms with Crippen molar-refractivity contribution in [1.29, 1.82) is 0 Å². The molecule has 2 aliphatic carbocycles. The molecule has 194 valence electrons. The summed E-state index contributed by atoms with van der Waals surface area (Å²) in [5.74, 6) is 0.997. The fourth-order valence-corrected chi connectivity index (χ4v) is 6.64. The lowest BCUT2D eigenvalue weighted by Gasteiger charge is -2.29. The number of ether oxygens (including phenoxy) is 1. The summed E-state index contributed by atoms with van der Waals surface area (Å²) in [7, 11) is 0. The molecule has 1 aliphatic heterocycles. The minimum Gasteiger partial charge on any atom is -0.368 e. The Bertz CT molecular complexity index is 1010. The van der Waals surface area contributed by atoms with Gasteiger partial charge in [0.2, 0.25) is 0 Å². The molecule has 2 aromatic carbocycles. The van der Waals surface area contributed by atoms with Crippen LogP contribution in [0.25, 0.3) is 0 Å². The zero-order valence-corrected chi connectivity index (χ0v) is 21.9. The van der Waals surface area contributed by atoms with Gasteiger partial charge in [-0.05, 0) is 111 Å². The molecule has 3 heteroatoms. The monoisotopic (exact) mass is 492 g/mol. The molecule has 1 unspecified atom stereocenters. The van der Waals surface area contributed by atoms with Crippen LogP contribution in [0, 0.1) is 23.5 Å². The Hall–Kier alpha value is -2.00. The first-order valence-corrected chi connectivity index (χ1v) is 14.5. The van der Waals surface area contributed by atoms with E-state index in [0.29, 0.717) is 23.7 Å². The SMILES string of the molecule is CCCc1ccc(C2CCC(/C=C/CCC3CCC(c4ccc(C5CO5)c(F)c4F)CC3)CC2)cc1. The maximum atomic E-state index is 14.7. The van der Waals surface area contributed by atoms with Crippen molar-refractivity contribution in [1.82, 2.24) is 0 Å². The van der Waals surface area contributed by atoms with Gasteiger partial charge in [0.15, 0.2) is 11.6 Å². The second kappa shape index (κ2) is 12.0. The highest BCUT2D eigenvalue weighted by molar-refractivity contribution is 5.32. The van der Waals surface area contributed by atoms with Crippen LogP contribution in [0.2, 0.25) is 0 Å². The van der Waals surface area contributed by atoms with Gasteiger partial charge in [-0.2, -0.15) is 0 Å². The van der Waals surface area contributed by atoms with Crippen molar-refractivity contribution in [2.45, 2.75) is 102 Å². The van der Waals surface area contributed by atoms with E-state index in [4.69, 9.17) is 4.74 Å². The van der Waals surface area contributed by atoms with E-state index in [1.807, 2.05) is 0 Å². The molecule has 1 saturated heterocycles. The molecule has 1 nitrogen and oxygen atoms in total. The average Bonchev–Trinajstić information content (AvgIpc) is 3.75. The van der Waals surface area contributed by atoms with Gasteiger partial charge in [-0.3, -0.25) is 0 Å². The van der Waals surface area contributed by atoms with Crippen LogP contribution < -0.4 is 0 Å². The number of benzene rings is 2. The van der Waals surface area contributed by atoms with Crippen molar-refractivity contribution in [2.75, 3.05) is 6.61 Å². The van der Waals surface area contributed by atoms with Crippen molar-refractivity contribution >= 4 is 0 Å². The Morgan fingerprint density at radius 2 is 1.44 bits per heavy atom. The van der Waals surface area contributed by atoms with Gasteiger partial charge in [0, 0.05) is 5.56 Å². The third kappa shape index (κ3) is 6.28. The number of allylic oxidation sites excluding steroid dienone is 2. The van der Waals surface area contributed by atoms with Crippen LogP contribution in [0.4, 0.5) is 8.78 Å². The molecule has 3 aliphatic rings. The van der Waals surface area contributed by atoms with Gasteiger partial charge >= 0.3 is 0 Å². The predicted molar refractivity (Wildman–Crippen MR) is 143 cm³/mol. The fraction of sp³-hybridized carbons (Fsp3) is 0.576. The van der Waals surface area contributed by atoms with E-state index in [1.54, 1.807) is 12.1 Å². The molecule has 2 aromatic rings. The zero-order valence-electron chi connectivity index (χ0n) is 21.9. The van der Waals surface area contributed by atoms with Crippen LogP contribution in [0.5, 0.6) is 0 Å². The van der Waals surface area contributed by atoms with Gasteiger partial charge in [0.25, 0.3) is 0 Å². The molecule has 2 saturated carbocycles. The van der Waals surface area contributed by atoms with E-state index >= 15 is 0 Å². The summed E-state index contributed by atoms with van der Waals surface area (Å²) < 4.78 is 34.2. The fourth-order valence-electron chi connectivity index (χ4n) is 6.64. The summed E-state index contributed by atoms with van der Waals surface area (Å²) in [6, 6.07) is 12.9. The lowest BCUT2D eigenvalue weighted by atomic mass is 9.76. The van der Waals surface area contributed by atoms with Gasteiger partial charge < -0.3 is 4.74 Å². The molecular formula is C33H42F2O. The third-order valence-corrected chi connectivity index (χ3v) is 9.02. The van der Waals surface area contributed by atoms with Crippen LogP contribution >= 0.6 is 0 Å². The first-order valence-electron chi connectivity index (χ1n) is 14.5. The van der Waals surface area contributed by atoms with E-state index in [9.17, 15) is 8.78 Å². The second-order valence-corrected chi connectivity index (χ2v) is 11.5. The predicted octanol–water partition coefficient (Wildman–Crippen LogP) is 9.57. The third-order valence-electron chi connectivity index (χ3n) is 9.02. The smallest absolute Gasteiger partial charge is 0.165 e. The van der Waals surface area contributed by atoms with Crippen molar-refractivity contribution in [3.05, 3.63) is 82.4 Å². The molecule has 1 heterocycles. The number of hydrogen-bond donors (Lipinski definition) is 0. The highest BCUT2D eigenvalue weighted by Gasteiger charge is 2.32. The largest absolute Gasteiger partial charge is 0.368 e. The minimum atomic E-state index is -0.693. The van der Waals surface area contributed by atoms with Gasteiger partial charge in [0.1, 0.15) is 6.10 Å². The Labute approximate surface area is 216 Å². The van der Waals surface area contributed by atoms with E-state index < -0.39 is 11.6 Å². The Kier molecular flexibility index (Phi) is 8.57. The quantitative estimate of drug-likeness (QED) is 0.251. The molecule has 0 radical (unpaired) electrons. The van der Waals surface area contributed by atoms with E-state index in [1.165, 1.54) is 56.1 Å². The van der Waals surface area contributed by atoms with Gasteiger partial charge in [0.05, 0.1) is 6.61 Å². The first-order chi connectivity index (χ1) is 17.6.